The zero-order valence-electron chi connectivity index (χ0n) is 15.4. The van der Waals surface area contributed by atoms with Crippen LogP contribution < -0.4 is 0 Å². The number of unbranched alkanes of at least 4 members (excludes halogenated alkanes) is 5. The first kappa shape index (κ1) is 20.8. The Kier molecular flexibility index (Phi) is 10.3. The maximum atomic E-state index is 9.81. The van der Waals surface area contributed by atoms with Crippen LogP contribution in [0.4, 0.5) is 0 Å². The zero-order chi connectivity index (χ0) is 17.1. The molecule has 0 amide bonds. The predicted octanol–water partition coefficient (Wildman–Crippen LogP) is 3.14. The molecule has 1 rings (SSSR count). The Morgan fingerprint density at radius 3 is 2.22 bits per heavy atom. The Balaban J connectivity index is 2.44. The highest BCUT2D eigenvalue weighted by Gasteiger charge is 2.51. The van der Waals surface area contributed by atoms with Crippen molar-refractivity contribution in [1.29, 1.82) is 0 Å². The highest BCUT2D eigenvalue weighted by Crippen LogP contribution is 2.39. The SMILES string of the molecule is CCCCCCCCO[C@@H]1CCC(OC)(OC)[C@H](OC)[C@@H]1CO. The predicted molar refractivity (Wildman–Crippen MR) is 90.5 cm³/mol. The van der Waals surface area contributed by atoms with E-state index in [2.05, 4.69) is 6.92 Å². The molecule has 0 aromatic rings. The van der Waals surface area contributed by atoms with Gasteiger partial charge in [-0.15, -0.1) is 0 Å². The van der Waals surface area contributed by atoms with Crippen LogP contribution in [0.5, 0.6) is 0 Å². The minimum atomic E-state index is -0.790. The first-order valence-electron chi connectivity index (χ1n) is 9.04. The largest absolute Gasteiger partial charge is 0.396 e. The summed E-state index contributed by atoms with van der Waals surface area (Å²) in [5, 5.41) is 9.81. The lowest BCUT2D eigenvalue weighted by molar-refractivity contribution is -0.306. The average Bonchev–Trinajstić information content (AvgIpc) is 2.60. The fraction of sp³-hybridized carbons (Fsp3) is 1.00. The summed E-state index contributed by atoms with van der Waals surface area (Å²) in [5.41, 5.74) is 0. The Hall–Kier alpha value is -0.200. The second-order valence-electron chi connectivity index (χ2n) is 6.44. The quantitative estimate of drug-likeness (QED) is 0.439. The molecule has 1 N–H and O–H groups in total. The molecule has 23 heavy (non-hydrogen) atoms. The van der Waals surface area contributed by atoms with Crippen LogP contribution in [-0.4, -0.2) is 57.6 Å². The van der Waals surface area contributed by atoms with Gasteiger partial charge in [0.15, 0.2) is 5.79 Å². The summed E-state index contributed by atoms with van der Waals surface area (Å²) in [7, 11) is 4.89. The normalized spacial score (nSPS) is 27.3. The molecule has 1 aliphatic carbocycles. The van der Waals surface area contributed by atoms with Gasteiger partial charge >= 0.3 is 0 Å². The fourth-order valence-corrected chi connectivity index (χ4v) is 3.63. The molecule has 5 nitrogen and oxygen atoms in total. The molecule has 1 aliphatic rings. The molecule has 0 aromatic carbocycles. The third kappa shape index (κ3) is 5.68. The van der Waals surface area contributed by atoms with E-state index in [0.717, 1.165) is 19.4 Å². The maximum absolute atomic E-state index is 9.81. The topological polar surface area (TPSA) is 57.2 Å². The van der Waals surface area contributed by atoms with Crippen LogP contribution in [0.2, 0.25) is 0 Å². The summed E-state index contributed by atoms with van der Waals surface area (Å²) in [4.78, 5) is 0. The van der Waals surface area contributed by atoms with Gasteiger partial charge in [-0.05, 0) is 12.8 Å². The molecule has 1 fully saturated rings. The lowest BCUT2D eigenvalue weighted by atomic mass is 9.79. The minimum Gasteiger partial charge on any atom is -0.396 e. The highest BCUT2D eigenvalue weighted by molar-refractivity contribution is 4.95. The molecule has 0 radical (unpaired) electrons. The number of rotatable bonds is 12. The molecule has 3 atom stereocenters. The molecule has 0 unspecified atom stereocenters. The van der Waals surface area contributed by atoms with Gasteiger partial charge in [0.05, 0.1) is 12.7 Å². The van der Waals surface area contributed by atoms with Crippen molar-refractivity contribution in [2.75, 3.05) is 34.5 Å². The Morgan fingerprint density at radius 2 is 1.65 bits per heavy atom. The minimum absolute atomic E-state index is 0.000910. The van der Waals surface area contributed by atoms with Gasteiger partial charge in [0.25, 0.3) is 0 Å². The third-order valence-electron chi connectivity index (χ3n) is 5.06. The van der Waals surface area contributed by atoms with Crippen LogP contribution >= 0.6 is 0 Å². The number of aliphatic hydroxyl groups excluding tert-OH is 1. The standard InChI is InChI=1S/C18H36O5/c1-5-6-7-8-9-10-13-23-16-11-12-18(21-3,22-4)17(20-2)15(16)14-19/h15-17,19H,5-14H2,1-4H3/t15-,16-,17-/m1/s1. The van der Waals surface area contributed by atoms with E-state index in [1.807, 2.05) is 0 Å². The van der Waals surface area contributed by atoms with Gasteiger partial charge < -0.3 is 24.1 Å². The maximum Gasteiger partial charge on any atom is 0.194 e. The van der Waals surface area contributed by atoms with Crippen LogP contribution in [0, 0.1) is 5.92 Å². The van der Waals surface area contributed by atoms with E-state index in [0.29, 0.717) is 6.42 Å². The second-order valence-corrected chi connectivity index (χ2v) is 6.44. The summed E-state index contributed by atoms with van der Waals surface area (Å²) >= 11 is 0. The fourth-order valence-electron chi connectivity index (χ4n) is 3.63. The van der Waals surface area contributed by atoms with E-state index in [9.17, 15) is 5.11 Å². The van der Waals surface area contributed by atoms with E-state index in [-0.39, 0.29) is 24.7 Å². The van der Waals surface area contributed by atoms with Gasteiger partial charge in [0, 0.05) is 40.3 Å². The van der Waals surface area contributed by atoms with E-state index in [1.54, 1.807) is 21.3 Å². The van der Waals surface area contributed by atoms with Crippen molar-refractivity contribution in [2.45, 2.75) is 76.3 Å². The number of methoxy groups -OCH3 is 3. The van der Waals surface area contributed by atoms with E-state index < -0.39 is 5.79 Å². The van der Waals surface area contributed by atoms with Gasteiger partial charge in [0.2, 0.25) is 0 Å². The number of hydrogen-bond acceptors (Lipinski definition) is 5. The van der Waals surface area contributed by atoms with Crippen LogP contribution in [0.15, 0.2) is 0 Å². The molecule has 0 saturated heterocycles. The monoisotopic (exact) mass is 332 g/mol. The van der Waals surface area contributed by atoms with Crippen molar-refractivity contribution in [3.8, 4) is 0 Å². The van der Waals surface area contributed by atoms with Crippen LogP contribution in [-0.2, 0) is 18.9 Å². The van der Waals surface area contributed by atoms with Crippen molar-refractivity contribution in [2.24, 2.45) is 5.92 Å². The zero-order valence-corrected chi connectivity index (χ0v) is 15.4. The Labute approximate surface area is 141 Å². The van der Waals surface area contributed by atoms with Crippen LogP contribution in [0.25, 0.3) is 0 Å². The van der Waals surface area contributed by atoms with Crippen molar-refractivity contribution >= 4 is 0 Å². The molecule has 0 aliphatic heterocycles. The number of aliphatic hydroxyl groups is 1. The molecule has 0 aromatic heterocycles. The molecular weight excluding hydrogens is 296 g/mol. The Bertz CT molecular complexity index is 293. The van der Waals surface area contributed by atoms with Gasteiger partial charge in [-0.3, -0.25) is 0 Å². The first-order chi connectivity index (χ1) is 11.2. The Morgan fingerprint density at radius 1 is 1.00 bits per heavy atom. The van der Waals surface area contributed by atoms with E-state index in [4.69, 9.17) is 18.9 Å². The number of ether oxygens (including phenoxy) is 4. The summed E-state index contributed by atoms with van der Waals surface area (Å²) in [5.74, 6) is -0.920. The highest BCUT2D eigenvalue weighted by atomic mass is 16.7. The summed E-state index contributed by atoms with van der Waals surface area (Å²) in [6.45, 7) is 2.98. The van der Waals surface area contributed by atoms with Crippen molar-refractivity contribution in [1.82, 2.24) is 0 Å². The average molecular weight is 332 g/mol. The van der Waals surface area contributed by atoms with Crippen molar-refractivity contribution in [3.63, 3.8) is 0 Å². The van der Waals surface area contributed by atoms with E-state index in [1.165, 1.54) is 32.1 Å². The van der Waals surface area contributed by atoms with Gasteiger partial charge in [-0.2, -0.15) is 0 Å². The van der Waals surface area contributed by atoms with Gasteiger partial charge in [-0.1, -0.05) is 39.0 Å². The van der Waals surface area contributed by atoms with Gasteiger partial charge in [-0.25, -0.2) is 0 Å². The van der Waals surface area contributed by atoms with Gasteiger partial charge in [0.1, 0.15) is 6.10 Å². The second kappa shape index (κ2) is 11.4. The van der Waals surface area contributed by atoms with Crippen LogP contribution in [0.1, 0.15) is 58.3 Å². The van der Waals surface area contributed by atoms with Crippen molar-refractivity contribution < 1.29 is 24.1 Å². The van der Waals surface area contributed by atoms with Crippen molar-refractivity contribution in [3.05, 3.63) is 0 Å². The third-order valence-corrected chi connectivity index (χ3v) is 5.06. The molecule has 5 heteroatoms. The molecule has 0 bridgehead atoms. The lowest BCUT2D eigenvalue weighted by Gasteiger charge is -2.47. The molecular formula is C18H36O5. The number of hydrogen-bond donors (Lipinski definition) is 1. The summed E-state index contributed by atoms with van der Waals surface area (Å²) in [6.07, 6.45) is 8.67. The summed E-state index contributed by atoms with van der Waals surface area (Å²) < 4.78 is 22.8. The first-order valence-corrected chi connectivity index (χ1v) is 9.04. The molecule has 1 saturated carbocycles. The lowest BCUT2D eigenvalue weighted by Crippen LogP contribution is -2.58. The smallest absolute Gasteiger partial charge is 0.194 e. The molecule has 138 valence electrons. The van der Waals surface area contributed by atoms with E-state index >= 15 is 0 Å². The molecule has 0 spiro atoms. The van der Waals surface area contributed by atoms with Crippen LogP contribution in [0.3, 0.4) is 0 Å². The molecule has 0 heterocycles. The summed E-state index contributed by atoms with van der Waals surface area (Å²) in [6, 6.07) is 0.